The molecule has 6 heteroatoms. The Labute approximate surface area is 106 Å². The molecule has 0 aliphatic carbocycles. The molecular weight excluding hydrogens is 247 g/mol. The monoisotopic (exact) mass is 269 g/mol. The first kappa shape index (κ1) is 15.7. The van der Waals surface area contributed by atoms with Gasteiger partial charge in [-0.05, 0) is 25.8 Å². The van der Waals surface area contributed by atoms with Crippen molar-refractivity contribution in [2.24, 2.45) is 0 Å². The van der Waals surface area contributed by atoms with Crippen LogP contribution in [0.1, 0.15) is 32.6 Å². The number of hydrogen-bond donors (Lipinski definition) is 1. The molecule has 1 aliphatic rings. The van der Waals surface area contributed by atoms with E-state index in [1.165, 1.54) is 0 Å². The normalized spacial score (nSPS) is 24.2. The Bertz CT molecular complexity index is 234. The second-order valence-electron chi connectivity index (χ2n) is 4.78. The summed E-state index contributed by atoms with van der Waals surface area (Å²) in [6.07, 6.45) is -5.00. The minimum atomic E-state index is -4.14. The van der Waals surface area contributed by atoms with Crippen molar-refractivity contribution < 1.29 is 23.0 Å². The molecule has 0 spiro atoms. The molecule has 108 valence electrons. The van der Waals surface area contributed by atoms with Gasteiger partial charge >= 0.3 is 6.18 Å². The molecule has 2 atom stereocenters. The summed E-state index contributed by atoms with van der Waals surface area (Å²) < 4.78 is 41.4. The Morgan fingerprint density at radius 3 is 2.78 bits per heavy atom. The van der Waals surface area contributed by atoms with Gasteiger partial charge < -0.3 is 9.84 Å². The molecule has 0 aromatic carbocycles. The fourth-order valence-electron chi connectivity index (χ4n) is 2.18. The van der Waals surface area contributed by atoms with Crippen LogP contribution in [0.15, 0.2) is 0 Å². The highest BCUT2D eigenvalue weighted by molar-refractivity contribution is 4.77. The van der Waals surface area contributed by atoms with E-state index in [4.69, 9.17) is 4.74 Å². The lowest BCUT2D eigenvalue weighted by Gasteiger charge is -2.35. The first-order valence-electron chi connectivity index (χ1n) is 6.51. The molecule has 0 amide bonds. The predicted molar refractivity (Wildman–Crippen MR) is 62.4 cm³/mol. The summed E-state index contributed by atoms with van der Waals surface area (Å²) in [4.78, 5) is 2.18. The first-order valence-corrected chi connectivity index (χ1v) is 6.51. The molecule has 0 aromatic heterocycles. The average Bonchev–Trinajstić information content (AvgIpc) is 2.28. The molecule has 0 bridgehead atoms. The van der Waals surface area contributed by atoms with Gasteiger partial charge in [0.05, 0.1) is 18.8 Å². The van der Waals surface area contributed by atoms with Crippen LogP contribution in [-0.2, 0) is 4.74 Å². The lowest BCUT2D eigenvalue weighted by atomic mass is 10.1. The van der Waals surface area contributed by atoms with Gasteiger partial charge in [0, 0.05) is 19.5 Å². The summed E-state index contributed by atoms with van der Waals surface area (Å²) in [6, 6.07) is 0. The van der Waals surface area contributed by atoms with E-state index >= 15 is 0 Å². The quantitative estimate of drug-likeness (QED) is 0.802. The predicted octanol–water partition coefficient (Wildman–Crippen LogP) is 2.19. The second kappa shape index (κ2) is 7.31. The Morgan fingerprint density at radius 1 is 1.44 bits per heavy atom. The molecule has 1 N–H and O–H groups in total. The molecular formula is C12H22F3NO2. The van der Waals surface area contributed by atoms with Gasteiger partial charge in [0.1, 0.15) is 0 Å². The van der Waals surface area contributed by atoms with Crippen molar-refractivity contribution in [1.29, 1.82) is 0 Å². The molecule has 3 nitrogen and oxygen atoms in total. The molecule has 0 radical (unpaired) electrons. The van der Waals surface area contributed by atoms with E-state index in [0.717, 1.165) is 19.5 Å². The minimum Gasteiger partial charge on any atom is -0.390 e. The van der Waals surface area contributed by atoms with Gasteiger partial charge in [-0.25, -0.2) is 0 Å². The zero-order chi connectivity index (χ0) is 13.6. The third kappa shape index (κ3) is 6.02. The zero-order valence-corrected chi connectivity index (χ0v) is 10.7. The van der Waals surface area contributed by atoms with Crippen LogP contribution in [0.5, 0.6) is 0 Å². The Morgan fingerprint density at radius 2 is 2.17 bits per heavy atom. The van der Waals surface area contributed by atoms with E-state index in [9.17, 15) is 18.3 Å². The van der Waals surface area contributed by atoms with Crippen LogP contribution in [0.2, 0.25) is 0 Å². The van der Waals surface area contributed by atoms with E-state index < -0.39 is 18.7 Å². The molecule has 18 heavy (non-hydrogen) atoms. The Kier molecular flexibility index (Phi) is 6.38. The summed E-state index contributed by atoms with van der Waals surface area (Å²) in [5.74, 6) is 0. The van der Waals surface area contributed by atoms with Crippen LogP contribution in [0, 0.1) is 0 Å². The minimum absolute atomic E-state index is 0.0433. The molecule has 0 aromatic rings. The van der Waals surface area contributed by atoms with Crippen molar-refractivity contribution >= 4 is 0 Å². The van der Waals surface area contributed by atoms with Gasteiger partial charge in [-0.3, -0.25) is 4.90 Å². The smallest absolute Gasteiger partial charge is 0.389 e. The van der Waals surface area contributed by atoms with Crippen LogP contribution in [0.4, 0.5) is 13.2 Å². The third-order valence-electron chi connectivity index (χ3n) is 3.11. The van der Waals surface area contributed by atoms with Crippen molar-refractivity contribution in [3.8, 4) is 0 Å². The average molecular weight is 269 g/mol. The van der Waals surface area contributed by atoms with Crippen molar-refractivity contribution in [3.05, 3.63) is 0 Å². The highest BCUT2D eigenvalue weighted by Gasteiger charge is 2.29. The molecule has 2 unspecified atom stereocenters. The van der Waals surface area contributed by atoms with Gasteiger partial charge in [0.25, 0.3) is 0 Å². The van der Waals surface area contributed by atoms with E-state index in [0.29, 0.717) is 13.2 Å². The van der Waals surface area contributed by atoms with E-state index in [2.05, 4.69) is 11.8 Å². The molecule has 1 heterocycles. The standard InChI is InChI=1S/C12H22F3NO2/c1-2-6-16-7-8-18-11(9-16)10(17)4-3-5-12(13,14)15/h10-11,17H,2-9H2,1H3. The third-order valence-corrected chi connectivity index (χ3v) is 3.11. The molecule has 1 aliphatic heterocycles. The maximum absolute atomic E-state index is 12.0. The number of morpholine rings is 1. The van der Waals surface area contributed by atoms with E-state index in [1.54, 1.807) is 0 Å². The molecule has 1 fully saturated rings. The summed E-state index contributed by atoms with van der Waals surface area (Å²) in [5, 5.41) is 9.84. The maximum Gasteiger partial charge on any atom is 0.389 e. The highest BCUT2D eigenvalue weighted by Crippen LogP contribution is 2.23. The number of aliphatic hydroxyl groups excluding tert-OH is 1. The van der Waals surface area contributed by atoms with Crippen molar-refractivity contribution in [2.75, 3.05) is 26.2 Å². The molecule has 1 saturated heterocycles. The summed E-state index contributed by atoms with van der Waals surface area (Å²) >= 11 is 0. The van der Waals surface area contributed by atoms with Crippen molar-refractivity contribution in [2.45, 2.75) is 51.0 Å². The summed E-state index contributed by atoms with van der Waals surface area (Å²) in [6.45, 7) is 5.00. The molecule has 0 saturated carbocycles. The lowest BCUT2D eigenvalue weighted by molar-refractivity contribution is -0.139. The Hall–Kier alpha value is -0.330. The van der Waals surface area contributed by atoms with E-state index in [1.807, 2.05) is 0 Å². The summed E-state index contributed by atoms with van der Waals surface area (Å²) in [7, 11) is 0. The zero-order valence-electron chi connectivity index (χ0n) is 10.7. The van der Waals surface area contributed by atoms with Gasteiger partial charge in [0.15, 0.2) is 0 Å². The molecule has 1 rings (SSSR count). The largest absolute Gasteiger partial charge is 0.390 e. The topological polar surface area (TPSA) is 32.7 Å². The number of hydrogen-bond acceptors (Lipinski definition) is 3. The van der Waals surface area contributed by atoms with Gasteiger partial charge in [-0.2, -0.15) is 13.2 Å². The van der Waals surface area contributed by atoms with Crippen LogP contribution in [0.25, 0.3) is 0 Å². The van der Waals surface area contributed by atoms with Crippen molar-refractivity contribution in [1.82, 2.24) is 4.90 Å². The maximum atomic E-state index is 12.0. The van der Waals surface area contributed by atoms with Gasteiger partial charge in [0.2, 0.25) is 0 Å². The van der Waals surface area contributed by atoms with Crippen LogP contribution >= 0.6 is 0 Å². The van der Waals surface area contributed by atoms with Crippen molar-refractivity contribution in [3.63, 3.8) is 0 Å². The van der Waals surface area contributed by atoms with Crippen LogP contribution in [0.3, 0.4) is 0 Å². The number of ether oxygens (including phenoxy) is 1. The van der Waals surface area contributed by atoms with E-state index in [-0.39, 0.29) is 18.9 Å². The van der Waals surface area contributed by atoms with Crippen LogP contribution < -0.4 is 0 Å². The fraction of sp³-hybridized carbons (Fsp3) is 1.00. The lowest BCUT2D eigenvalue weighted by Crippen LogP contribution is -2.47. The number of aliphatic hydroxyl groups is 1. The first-order chi connectivity index (χ1) is 8.42. The number of alkyl halides is 3. The number of rotatable bonds is 6. The highest BCUT2D eigenvalue weighted by atomic mass is 19.4. The van der Waals surface area contributed by atoms with Gasteiger partial charge in [-0.1, -0.05) is 6.92 Å². The SMILES string of the molecule is CCCN1CCOC(C(O)CCCC(F)(F)F)C1. The van der Waals surface area contributed by atoms with Crippen LogP contribution in [-0.4, -0.2) is 54.6 Å². The number of nitrogens with zero attached hydrogens (tertiary/aromatic N) is 1. The number of halogens is 3. The van der Waals surface area contributed by atoms with Gasteiger partial charge in [-0.15, -0.1) is 0 Å². The Balaban J connectivity index is 2.26. The summed E-state index contributed by atoms with van der Waals surface area (Å²) in [5.41, 5.74) is 0. The fourth-order valence-corrected chi connectivity index (χ4v) is 2.18. The second-order valence-corrected chi connectivity index (χ2v) is 4.78.